The molecule has 86 valence electrons. The number of hydrogen-bond donors (Lipinski definition) is 1. The van der Waals surface area contributed by atoms with Gasteiger partial charge in [-0.15, -0.1) is 0 Å². The van der Waals surface area contributed by atoms with Crippen molar-refractivity contribution in [2.24, 2.45) is 0 Å². The molecule has 0 aliphatic carbocycles. The highest BCUT2D eigenvalue weighted by Crippen LogP contribution is 2.11. The van der Waals surface area contributed by atoms with Crippen molar-refractivity contribution in [2.45, 2.75) is 0 Å². The minimum Gasteiger partial charge on any atom is -0.383 e. The smallest absolute Gasteiger partial charge is 0.356 e. The molecule has 2 N–H and O–H groups in total. The molecule has 0 aliphatic heterocycles. The van der Waals surface area contributed by atoms with Crippen LogP contribution >= 0.6 is 15.9 Å². The lowest BCUT2D eigenvalue weighted by Crippen LogP contribution is -2.29. The van der Waals surface area contributed by atoms with E-state index < -0.39 is 11.6 Å². The van der Waals surface area contributed by atoms with Crippen LogP contribution in [-0.4, -0.2) is 15.5 Å². The molecule has 0 radical (unpaired) electrons. The molecule has 1 aromatic heterocycles. The topological polar surface area (TPSA) is 78.0 Å². The van der Waals surface area contributed by atoms with Gasteiger partial charge >= 0.3 is 5.69 Å². The Hall–Kier alpha value is -1.95. The summed E-state index contributed by atoms with van der Waals surface area (Å²) >= 11 is 3.27. The van der Waals surface area contributed by atoms with Crippen LogP contribution in [0.25, 0.3) is 0 Å². The molecule has 0 saturated heterocycles. The van der Waals surface area contributed by atoms with E-state index in [9.17, 15) is 9.59 Å². The van der Waals surface area contributed by atoms with E-state index in [0.29, 0.717) is 5.56 Å². The van der Waals surface area contributed by atoms with E-state index in [1.807, 2.05) is 0 Å². The summed E-state index contributed by atoms with van der Waals surface area (Å²) in [6, 6.07) is 8.09. The molecule has 0 saturated carbocycles. The Bertz CT molecular complexity index is 619. The predicted molar refractivity (Wildman–Crippen MR) is 66.8 cm³/mol. The summed E-state index contributed by atoms with van der Waals surface area (Å²) in [5.74, 6) is -0.343. The maximum Gasteiger partial charge on any atom is 0.356 e. The van der Waals surface area contributed by atoms with Gasteiger partial charge in [0.1, 0.15) is 5.82 Å². The molecule has 5 nitrogen and oxygen atoms in total. The van der Waals surface area contributed by atoms with Gasteiger partial charge in [0.25, 0.3) is 5.91 Å². The second kappa shape index (κ2) is 4.50. The molecule has 0 amide bonds. The maximum absolute atomic E-state index is 12.0. The normalized spacial score (nSPS) is 10.2. The number of rotatable bonds is 1. The van der Waals surface area contributed by atoms with Crippen LogP contribution in [-0.2, 0) is 0 Å². The molecule has 1 heterocycles. The number of nitrogen functional groups attached to an aromatic ring is 1. The van der Waals surface area contributed by atoms with E-state index in [0.717, 1.165) is 9.04 Å². The molecule has 0 aliphatic rings. The van der Waals surface area contributed by atoms with Crippen LogP contribution in [0.1, 0.15) is 10.4 Å². The summed E-state index contributed by atoms with van der Waals surface area (Å²) < 4.78 is 1.77. The van der Waals surface area contributed by atoms with Gasteiger partial charge < -0.3 is 5.73 Å². The Morgan fingerprint density at radius 2 is 1.88 bits per heavy atom. The summed E-state index contributed by atoms with van der Waals surface area (Å²) in [5, 5.41) is 0. The van der Waals surface area contributed by atoms with E-state index in [-0.39, 0.29) is 5.82 Å². The van der Waals surface area contributed by atoms with Crippen LogP contribution < -0.4 is 11.4 Å². The highest BCUT2D eigenvalue weighted by Gasteiger charge is 2.10. The van der Waals surface area contributed by atoms with Gasteiger partial charge in [-0.25, -0.2) is 9.36 Å². The maximum atomic E-state index is 12.0. The molecule has 0 fully saturated rings. The van der Waals surface area contributed by atoms with Gasteiger partial charge in [0.05, 0.1) is 0 Å². The molecule has 0 spiro atoms. The molecule has 0 bridgehead atoms. The number of halogens is 1. The average molecular weight is 294 g/mol. The van der Waals surface area contributed by atoms with Crippen LogP contribution in [0.4, 0.5) is 5.82 Å². The number of hydrogen-bond acceptors (Lipinski definition) is 4. The summed E-state index contributed by atoms with van der Waals surface area (Å²) in [4.78, 5) is 26.9. The minimum atomic E-state index is -0.682. The Balaban J connectivity index is 2.44. The summed E-state index contributed by atoms with van der Waals surface area (Å²) in [5.41, 5.74) is 5.07. The van der Waals surface area contributed by atoms with Gasteiger partial charge in [-0.05, 0) is 30.3 Å². The Kier molecular flexibility index (Phi) is 3.06. The zero-order valence-corrected chi connectivity index (χ0v) is 10.2. The number of carbonyl (C=O) groups is 1. The van der Waals surface area contributed by atoms with Gasteiger partial charge in [-0.1, -0.05) is 15.9 Å². The third-order valence-electron chi connectivity index (χ3n) is 2.14. The van der Waals surface area contributed by atoms with Crippen LogP contribution in [0.2, 0.25) is 0 Å². The third kappa shape index (κ3) is 2.42. The lowest BCUT2D eigenvalue weighted by atomic mass is 10.2. The summed E-state index contributed by atoms with van der Waals surface area (Å²) in [6.45, 7) is 0. The van der Waals surface area contributed by atoms with E-state index >= 15 is 0 Å². The monoisotopic (exact) mass is 293 g/mol. The highest BCUT2D eigenvalue weighted by atomic mass is 79.9. The largest absolute Gasteiger partial charge is 0.383 e. The average Bonchev–Trinajstić information content (AvgIpc) is 2.29. The summed E-state index contributed by atoms with van der Waals surface area (Å²) in [7, 11) is 0. The minimum absolute atomic E-state index is 0.0925. The first-order valence-electron chi connectivity index (χ1n) is 4.73. The van der Waals surface area contributed by atoms with Crippen LogP contribution in [0.15, 0.2) is 45.8 Å². The van der Waals surface area contributed by atoms with Crippen molar-refractivity contribution < 1.29 is 4.79 Å². The molecule has 1 aromatic carbocycles. The first-order valence-corrected chi connectivity index (χ1v) is 5.52. The third-order valence-corrected chi connectivity index (χ3v) is 2.66. The van der Waals surface area contributed by atoms with Crippen molar-refractivity contribution >= 4 is 27.7 Å². The SMILES string of the molecule is Nc1ccn(C(=O)c2ccc(Br)cc2)c(=O)n1. The quantitative estimate of drug-likeness (QED) is 0.859. The molecule has 0 atom stereocenters. The lowest BCUT2D eigenvalue weighted by Gasteiger charge is -2.03. The van der Waals surface area contributed by atoms with Crippen LogP contribution in [0.3, 0.4) is 0 Å². The molecular weight excluding hydrogens is 286 g/mol. The molecule has 6 heteroatoms. The van der Waals surface area contributed by atoms with Gasteiger partial charge in [0, 0.05) is 16.2 Å². The molecule has 2 rings (SSSR count). The van der Waals surface area contributed by atoms with Crippen molar-refractivity contribution in [3.8, 4) is 0 Å². The number of nitrogens with two attached hydrogens (primary N) is 1. The van der Waals surface area contributed by atoms with E-state index in [1.54, 1.807) is 24.3 Å². The highest BCUT2D eigenvalue weighted by molar-refractivity contribution is 9.10. The van der Waals surface area contributed by atoms with E-state index in [2.05, 4.69) is 20.9 Å². The second-order valence-corrected chi connectivity index (χ2v) is 4.23. The Labute approximate surface area is 105 Å². The molecule has 0 unspecified atom stereocenters. The van der Waals surface area contributed by atoms with Crippen LogP contribution in [0, 0.1) is 0 Å². The Morgan fingerprint density at radius 3 is 2.47 bits per heavy atom. The standard InChI is InChI=1S/C11H8BrN3O2/c12-8-3-1-7(2-4-8)10(16)15-6-5-9(13)14-11(15)17/h1-6H,(H2,13,14,17). The first kappa shape index (κ1) is 11.5. The number of carbonyl (C=O) groups excluding carboxylic acids is 1. The fourth-order valence-electron chi connectivity index (χ4n) is 1.30. The van der Waals surface area contributed by atoms with Gasteiger partial charge in [0.2, 0.25) is 0 Å². The van der Waals surface area contributed by atoms with Gasteiger partial charge in [-0.2, -0.15) is 4.98 Å². The second-order valence-electron chi connectivity index (χ2n) is 3.32. The fourth-order valence-corrected chi connectivity index (χ4v) is 1.57. The van der Waals surface area contributed by atoms with Crippen molar-refractivity contribution in [2.75, 3.05) is 5.73 Å². The van der Waals surface area contributed by atoms with Crippen LogP contribution in [0.5, 0.6) is 0 Å². The van der Waals surface area contributed by atoms with E-state index in [4.69, 9.17) is 5.73 Å². The molecule has 2 aromatic rings. The number of aromatic nitrogens is 2. The number of benzene rings is 1. The zero-order chi connectivity index (χ0) is 12.4. The van der Waals surface area contributed by atoms with Crippen molar-refractivity contribution in [1.82, 2.24) is 9.55 Å². The van der Waals surface area contributed by atoms with Gasteiger partial charge in [-0.3, -0.25) is 4.79 Å². The fraction of sp³-hybridized carbons (Fsp3) is 0. The lowest BCUT2D eigenvalue weighted by molar-refractivity contribution is 0.0954. The summed E-state index contributed by atoms with van der Waals surface area (Å²) in [6.07, 6.45) is 1.31. The zero-order valence-electron chi connectivity index (χ0n) is 8.63. The van der Waals surface area contributed by atoms with Crippen molar-refractivity contribution in [3.05, 3.63) is 57.0 Å². The van der Waals surface area contributed by atoms with Gasteiger partial charge in [0.15, 0.2) is 0 Å². The molecular formula is C11H8BrN3O2. The first-order chi connectivity index (χ1) is 8.08. The molecule has 17 heavy (non-hydrogen) atoms. The Morgan fingerprint density at radius 1 is 1.24 bits per heavy atom. The van der Waals surface area contributed by atoms with Crippen molar-refractivity contribution in [3.63, 3.8) is 0 Å². The number of nitrogens with zero attached hydrogens (tertiary/aromatic N) is 2. The van der Waals surface area contributed by atoms with Crippen molar-refractivity contribution in [1.29, 1.82) is 0 Å². The number of anilines is 1. The predicted octanol–water partition coefficient (Wildman–Crippen LogP) is 1.28. The van der Waals surface area contributed by atoms with E-state index in [1.165, 1.54) is 12.3 Å².